The van der Waals surface area contributed by atoms with Gasteiger partial charge in [-0.3, -0.25) is 4.79 Å². The molecule has 0 heterocycles. The second kappa shape index (κ2) is 4.84. The molecule has 0 aliphatic heterocycles. The third kappa shape index (κ3) is 2.28. The van der Waals surface area contributed by atoms with Gasteiger partial charge in [-0.1, -0.05) is 24.3 Å². The number of carbonyl (C=O) groups excluding carboxylic acids is 1. The van der Waals surface area contributed by atoms with Crippen LogP contribution in [-0.4, -0.2) is 19.0 Å². The van der Waals surface area contributed by atoms with Crippen LogP contribution < -0.4 is 11.1 Å². The smallest absolute Gasteiger partial charge is 0.224 e. The van der Waals surface area contributed by atoms with Crippen molar-refractivity contribution in [3.8, 4) is 0 Å². The first-order valence-electron chi connectivity index (χ1n) is 8.30. The van der Waals surface area contributed by atoms with Gasteiger partial charge in [0, 0.05) is 12.5 Å². The number of aryl methyl sites for hydroxylation is 1. The molecule has 2 fully saturated rings. The zero-order valence-electron chi connectivity index (χ0n) is 12.5. The van der Waals surface area contributed by atoms with E-state index < -0.39 is 0 Å². The van der Waals surface area contributed by atoms with Crippen LogP contribution in [0.4, 0.5) is 0 Å². The standard InChI is InChI=1S/C18H24N2O/c19-10-9-18(7-8-18)11-20-17(21)16-14-6-5-12-3-1-2-4-13(12)15(14)16/h1-4,14-16H,5-11,19H2,(H,20,21). The highest BCUT2D eigenvalue weighted by Gasteiger charge is 2.57. The lowest BCUT2D eigenvalue weighted by Gasteiger charge is -2.15. The van der Waals surface area contributed by atoms with E-state index in [0.717, 1.165) is 25.9 Å². The normalized spacial score (nSPS) is 31.0. The number of rotatable bonds is 5. The fourth-order valence-corrected chi connectivity index (χ4v) is 4.31. The molecule has 1 aromatic rings. The average Bonchev–Trinajstić information content (AvgIpc) is 3.40. The van der Waals surface area contributed by atoms with Crippen LogP contribution in [0.3, 0.4) is 0 Å². The number of fused-ring (bicyclic) bond motifs is 3. The quantitative estimate of drug-likeness (QED) is 0.871. The Morgan fingerprint density at radius 2 is 2.14 bits per heavy atom. The number of amides is 1. The molecule has 3 N–H and O–H groups in total. The maximum atomic E-state index is 12.5. The van der Waals surface area contributed by atoms with Gasteiger partial charge in [-0.05, 0) is 67.0 Å². The lowest BCUT2D eigenvalue weighted by atomic mass is 9.92. The van der Waals surface area contributed by atoms with Gasteiger partial charge in [0.05, 0.1) is 0 Å². The van der Waals surface area contributed by atoms with E-state index in [2.05, 4.69) is 29.6 Å². The minimum Gasteiger partial charge on any atom is -0.355 e. The van der Waals surface area contributed by atoms with Crippen LogP contribution in [0.15, 0.2) is 24.3 Å². The van der Waals surface area contributed by atoms with Crippen molar-refractivity contribution in [3.05, 3.63) is 35.4 Å². The predicted molar refractivity (Wildman–Crippen MR) is 82.8 cm³/mol. The molecule has 112 valence electrons. The van der Waals surface area contributed by atoms with E-state index in [9.17, 15) is 4.79 Å². The number of nitrogens with two attached hydrogens (primary N) is 1. The lowest BCUT2D eigenvalue weighted by Crippen LogP contribution is -2.33. The Labute approximate surface area is 126 Å². The summed E-state index contributed by atoms with van der Waals surface area (Å²) in [5.41, 5.74) is 8.89. The summed E-state index contributed by atoms with van der Waals surface area (Å²) >= 11 is 0. The monoisotopic (exact) mass is 284 g/mol. The molecule has 3 aliphatic carbocycles. The molecular weight excluding hydrogens is 260 g/mol. The van der Waals surface area contributed by atoms with E-state index >= 15 is 0 Å². The maximum absolute atomic E-state index is 12.5. The molecule has 3 atom stereocenters. The van der Waals surface area contributed by atoms with Gasteiger partial charge in [0.1, 0.15) is 0 Å². The van der Waals surface area contributed by atoms with Crippen molar-refractivity contribution in [1.82, 2.24) is 5.32 Å². The summed E-state index contributed by atoms with van der Waals surface area (Å²) in [4.78, 5) is 12.5. The van der Waals surface area contributed by atoms with Crippen molar-refractivity contribution < 1.29 is 4.79 Å². The molecule has 0 saturated heterocycles. The molecule has 1 amide bonds. The Hall–Kier alpha value is -1.35. The molecule has 2 saturated carbocycles. The first-order valence-corrected chi connectivity index (χ1v) is 8.30. The largest absolute Gasteiger partial charge is 0.355 e. The van der Waals surface area contributed by atoms with Crippen LogP contribution >= 0.6 is 0 Å². The van der Waals surface area contributed by atoms with Crippen LogP contribution in [0.25, 0.3) is 0 Å². The molecule has 4 rings (SSSR count). The molecule has 3 nitrogen and oxygen atoms in total. The minimum atomic E-state index is 0.224. The van der Waals surface area contributed by atoms with Crippen molar-refractivity contribution in [2.24, 2.45) is 23.0 Å². The molecule has 3 aliphatic rings. The van der Waals surface area contributed by atoms with Gasteiger partial charge in [0.15, 0.2) is 0 Å². The summed E-state index contributed by atoms with van der Waals surface area (Å²) in [7, 11) is 0. The topological polar surface area (TPSA) is 55.1 Å². The first kappa shape index (κ1) is 13.3. The second-order valence-corrected chi connectivity index (χ2v) is 7.21. The van der Waals surface area contributed by atoms with Gasteiger partial charge in [-0.2, -0.15) is 0 Å². The van der Waals surface area contributed by atoms with E-state index in [0.29, 0.717) is 17.3 Å². The highest BCUT2D eigenvalue weighted by atomic mass is 16.2. The fourth-order valence-electron chi connectivity index (χ4n) is 4.31. The molecule has 21 heavy (non-hydrogen) atoms. The zero-order chi connectivity index (χ0) is 14.4. The van der Waals surface area contributed by atoms with E-state index in [1.165, 1.54) is 30.4 Å². The second-order valence-electron chi connectivity index (χ2n) is 7.21. The van der Waals surface area contributed by atoms with Gasteiger partial charge >= 0.3 is 0 Å². The van der Waals surface area contributed by atoms with Crippen molar-refractivity contribution in [3.63, 3.8) is 0 Å². The van der Waals surface area contributed by atoms with Crippen LogP contribution in [0.1, 0.15) is 42.7 Å². The van der Waals surface area contributed by atoms with Crippen LogP contribution in [-0.2, 0) is 11.2 Å². The Morgan fingerprint density at radius 1 is 1.33 bits per heavy atom. The van der Waals surface area contributed by atoms with E-state index in [-0.39, 0.29) is 11.8 Å². The SMILES string of the molecule is NCCC1(CNC(=O)C2C3CCc4ccccc4C32)CC1. The van der Waals surface area contributed by atoms with Crippen LogP contribution in [0.5, 0.6) is 0 Å². The highest BCUT2D eigenvalue weighted by Crippen LogP contribution is 2.60. The Kier molecular flexibility index (Phi) is 3.07. The first-order chi connectivity index (χ1) is 10.2. The van der Waals surface area contributed by atoms with Gasteiger partial charge in [0.2, 0.25) is 5.91 Å². The molecule has 0 spiro atoms. The summed E-state index contributed by atoms with van der Waals surface area (Å²) in [6.07, 6.45) is 5.81. The number of benzene rings is 1. The van der Waals surface area contributed by atoms with Crippen molar-refractivity contribution >= 4 is 5.91 Å². The molecule has 0 bridgehead atoms. The third-order valence-electron chi connectivity index (χ3n) is 5.90. The van der Waals surface area contributed by atoms with Crippen LogP contribution in [0.2, 0.25) is 0 Å². The highest BCUT2D eigenvalue weighted by molar-refractivity contribution is 5.84. The Bertz CT molecular complexity index is 564. The summed E-state index contributed by atoms with van der Waals surface area (Å²) in [5.74, 6) is 1.58. The molecule has 0 aromatic heterocycles. The van der Waals surface area contributed by atoms with Crippen molar-refractivity contribution in [1.29, 1.82) is 0 Å². The number of carbonyl (C=O) groups is 1. The van der Waals surface area contributed by atoms with Gasteiger partial charge in [-0.25, -0.2) is 0 Å². The summed E-state index contributed by atoms with van der Waals surface area (Å²) < 4.78 is 0. The number of hydrogen-bond acceptors (Lipinski definition) is 2. The van der Waals surface area contributed by atoms with Crippen molar-refractivity contribution in [2.45, 2.75) is 38.0 Å². The van der Waals surface area contributed by atoms with E-state index in [1.807, 2.05) is 0 Å². The molecule has 1 aromatic carbocycles. The minimum absolute atomic E-state index is 0.224. The van der Waals surface area contributed by atoms with E-state index in [4.69, 9.17) is 5.73 Å². The fraction of sp³-hybridized carbons (Fsp3) is 0.611. The van der Waals surface area contributed by atoms with Gasteiger partial charge < -0.3 is 11.1 Å². The molecular formula is C18H24N2O. The Balaban J connectivity index is 1.40. The zero-order valence-corrected chi connectivity index (χ0v) is 12.5. The van der Waals surface area contributed by atoms with Crippen molar-refractivity contribution in [2.75, 3.05) is 13.1 Å². The van der Waals surface area contributed by atoms with Crippen LogP contribution in [0, 0.1) is 17.3 Å². The van der Waals surface area contributed by atoms with Gasteiger partial charge in [0.25, 0.3) is 0 Å². The molecule has 3 unspecified atom stereocenters. The molecule has 3 heteroatoms. The summed E-state index contributed by atoms with van der Waals surface area (Å²) in [6, 6.07) is 8.66. The third-order valence-corrected chi connectivity index (χ3v) is 5.90. The molecule has 0 radical (unpaired) electrons. The summed E-state index contributed by atoms with van der Waals surface area (Å²) in [6.45, 7) is 1.57. The maximum Gasteiger partial charge on any atom is 0.224 e. The summed E-state index contributed by atoms with van der Waals surface area (Å²) in [5, 5.41) is 3.22. The van der Waals surface area contributed by atoms with Gasteiger partial charge in [-0.15, -0.1) is 0 Å². The average molecular weight is 284 g/mol. The number of nitrogens with one attached hydrogen (secondary N) is 1. The number of hydrogen-bond donors (Lipinski definition) is 2. The predicted octanol–water partition coefficient (Wildman–Crippen LogP) is 2.21. The Morgan fingerprint density at radius 3 is 2.90 bits per heavy atom. The lowest BCUT2D eigenvalue weighted by molar-refractivity contribution is -0.123. The van der Waals surface area contributed by atoms with E-state index in [1.54, 1.807) is 0 Å².